The second kappa shape index (κ2) is 59.3. The summed E-state index contributed by atoms with van der Waals surface area (Å²) in [4.78, 5) is 48.7. The van der Waals surface area contributed by atoms with E-state index < -0.39 is 57.8 Å². The van der Waals surface area contributed by atoms with Crippen LogP contribution in [-0.4, -0.2) is 66.5 Å². The van der Waals surface area contributed by atoms with Gasteiger partial charge in [-0.3, -0.25) is 23.4 Å². The van der Waals surface area contributed by atoms with Gasteiger partial charge in [-0.25, -0.2) is 4.57 Å². The summed E-state index contributed by atoms with van der Waals surface area (Å²) in [5.41, 5.74) is 0. The first kappa shape index (κ1) is 74.1. The van der Waals surface area contributed by atoms with Crippen molar-refractivity contribution in [3.8, 4) is 0 Å². The summed E-state index contributed by atoms with van der Waals surface area (Å²) >= 11 is 0. The summed E-state index contributed by atoms with van der Waals surface area (Å²) in [6.45, 7) is 4.37. The minimum absolute atomic E-state index is 0.128. The van der Waals surface area contributed by atoms with Crippen molar-refractivity contribution in [3.05, 3.63) is 109 Å². The molecule has 0 heterocycles. The molecular formula is C66H111O11P. The fourth-order valence-electron chi connectivity index (χ4n) is 8.08. The standard InChI is InChI=1S/C66H111O11P/c1-4-7-10-13-16-19-22-25-28-30-31-33-35-37-40-43-46-49-52-55-64(68)73-59-63(77-66(70)57-54-51-48-45-42-39-36-32-29-26-23-20-17-14-11-8-5-2)61-75-78(71,72)74-60-62(58-67)76-65(69)56-53-50-47-44-41-38-34-27-24-21-18-15-12-9-6-3/h7-8,10-11,16-17,19-20,25-26,28-29,31,33,36-37,39-40,62-63,67H,4-6,9,12-15,18,21-24,27,30,32,34-35,38,41-61H2,1-3H3,(H,71,72)/b10-7-,11-8-,19-16-,20-17-,28-25-,29-26-,33-31-,39-36-,40-37-. The van der Waals surface area contributed by atoms with Crippen molar-refractivity contribution < 1.29 is 52.2 Å². The van der Waals surface area contributed by atoms with Crippen LogP contribution in [-0.2, 0) is 42.2 Å². The smallest absolute Gasteiger partial charge is 0.462 e. The van der Waals surface area contributed by atoms with Gasteiger partial charge < -0.3 is 24.2 Å². The summed E-state index contributed by atoms with van der Waals surface area (Å²) in [6, 6.07) is 0. The fraction of sp³-hybridized carbons (Fsp3) is 0.682. The van der Waals surface area contributed by atoms with E-state index in [2.05, 4.69) is 130 Å². The van der Waals surface area contributed by atoms with Gasteiger partial charge in [0.2, 0.25) is 0 Å². The molecule has 78 heavy (non-hydrogen) atoms. The molecule has 0 saturated heterocycles. The van der Waals surface area contributed by atoms with Crippen LogP contribution < -0.4 is 0 Å². The predicted molar refractivity (Wildman–Crippen MR) is 325 cm³/mol. The van der Waals surface area contributed by atoms with E-state index in [1.807, 2.05) is 0 Å². The van der Waals surface area contributed by atoms with E-state index in [4.69, 9.17) is 23.3 Å². The average Bonchev–Trinajstić information content (AvgIpc) is 3.43. The number of phosphoric ester groups is 1. The molecule has 0 aromatic rings. The number of esters is 3. The van der Waals surface area contributed by atoms with E-state index in [1.54, 1.807) is 0 Å². The maximum absolute atomic E-state index is 12.9. The van der Waals surface area contributed by atoms with Crippen LogP contribution in [0.2, 0.25) is 0 Å². The Morgan fingerprint density at radius 2 is 0.667 bits per heavy atom. The van der Waals surface area contributed by atoms with E-state index in [-0.39, 0.29) is 25.9 Å². The number of allylic oxidation sites excluding steroid dienone is 18. The van der Waals surface area contributed by atoms with Gasteiger partial charge in [0, 0.05) is 19.3 Å². The molecule has 3 atom stereocenters. The largest absolute Gasteiger partial charge is 0.472 e. The summed E-state index contributed by atoms with van der Waals surface area (Å²) in [6.07, 6.45) is 71.8. The molecule has 0 rings (SSSR count). The molecule has 0 aromatic carbocycles. The van der Waals surface area contributed by atoms with Crippen LogP contribution in [0.4, 0.5) is 0 Å². The van der Waals surface area contributed by atoms with E-state index >= 15 is 0 Å². The first-order valence-corrected chi connectivity index (χ1v) is 32.3. The normalized spacial score (nSPS) is 14.1. The van der Waals surface area contributed by atoms with Gasteiger partial charge in [0.1, 0.15) is 12.7 Å². The van der Waals surface area contributed by atoms with Gasteiger partial charge in [-0.2, -0.15) is 0 Å². The molecule has 0 aromatic heterocycles. The molecule has 0 aliphatic heterocycles. The molecule has 12 heteroatoms. The average molecular weight is 1110 g/mol. The highest BCUT2D eigenvalue weighted by molar-refractivity contribution is 7.47. The molecule has 2 N–H and O–H groups in total. The molecular weight excluding hydrogens is 1000 g/mol. The maximum Gasteiger partial charge on any atom is 0.472 e. The predicted octanol–water partition coefficient (Wildman–Crippen LogP) is 18.6. The molecule has 0 aliphatic carbocycles. The number of phosphoric acid groups is 1. The Kier molecular flexibility index (Phi) is 56.3. The van der Waals surface area contributed by atoms with Crippen LogP contribution in [0.1, 0.15) is 252 Å². The third-order valence-corrected chi connectivity index (χ3v) is 13.6. The second-order valence-electron chi connectivity index (χ2n) is 20.1. The highest BCUT2D eigenvalue weighted by Crippen LogP contribution is 2.43. The number of hydrogen-bond donors (Lipinski definition) is 2. The number of carbonyl (C=O) groups is 3. The fourth-order valence-corrected chi connectivity index (χ4v) is 8.86. The van der Waals surface area contributed by atoms with Crippen LogP contribution in [0, 0.1) is 0 Å². The Hall–Kier alpha value is -3.86. The zero-order chi connectivity index (χ0) is 56.9. The van der Waals surface area contributed by atoms with Crippen molar-refractivity contribution in [2.45, 2.75) is 264 Å². The van der Waals surface area contributed by atoms with E-state index in [0.29, 0.717) is 19.3 Å². The van der Waals surface area contributed by atoms with Gasteiger partial charge in [-0.05, 0) is 103 Å². The lowest BCUT2D eigenvalue weighted by atomic mass is 10.0. The number of hydrogen-bond acceptors (Lipinski definition) is 10. The Balaban J connectivity index is 4.81. The first-order valence-electron chi connectivity index (χ1n) is 30.8. The number of ether oxygens (including phenoxy) is 3. The minimum atomic E-state index is -4.77. The number of rotatable bonds is 56. The summed E-state index contributed by atoms with van der Waals surface area (Å²) < 4.78 is 39.6. The van der Waals surface area contributed by atoms with Crippen molar-refractivity contribution in [1.29, 1.82) is 0 Å². The molecule has 3 unspecified atom stereocenters. The number of aliphatic hydroxyl groups is 1. The highest BCUT2D eigenvalue weighted by atomic mass is 31.2. The Morgan fingerprint density at radius 3 is 1.04 bits per heavy atom. The molecule has 0 aliphatic rings. The van der Waals surface area contributed by atoms with Crippen molar-refractivity contribution >= 4 is 25.7 Å². The van der Waals surface area contributed by atoms with Gasteiger partial charge in [-0.15, -0.1) is 0 Å². The molecule has 0 spiro atoms. The lowest BCUT2D eigenvalue weighted by Crippen LogP contribution is -2.30. The summed E-state index contributed by atoms with van der Waals surface area (Å²) in [7, 11) is -4.77. The number of aliphatic hydroxyl groups excluding tert-OH is 1. The van der Waals surface area contributed by atoms with Crippen molar-refractivity contribution in [2.75, 3.05) is 26.4 Å². The van der Waals surface area contributed by atoms with Crippen LogP contribution >= 0.6 is 7.82 Å². The molecule has 0 amide bonds. The Labute approximate surface area is 475 Å². The molecule has 446 valence electrons. The van der Waals surface area contributed by atoms with Crippen molar-refractivity contribution in [3.63, 3.8) is 0 Å². The quantitative estimate of drug-likeness (QED) is 0.0197. The van der Waals surface area contributed by atoms with Gasteiger partial charge in [-0.1, -0.05) is 239 Å². The van der Waals surface area contributed by atoms with Crippen LogP contribution in [0.5, 0.6) is 0 Å². The third-order valence-electron chi connectivity index (χ3n) is 12.7. The van der Waals surface area contributed by atoms with Crippen LogP contribution in [0.15, 0.2) is 109 Å². The molecule has 0 saturated carbocycles. The molecule has 0 bridgehead atoms. The zero-order valence-corrected chi connectivity index (χ0v) is 50.2. The van der Waals surface area contributed by atoms with E-state index in [1.165, 1.54) is 70.6 Å². The Morgan fingerprint density at radius 1 is 0.372 bits per heavy atom. The first-order chi connectivity index (χ1) is 38.2. The molecule has 0 fully saturated rings. The van der Waals surface area contributed by atoms with Crippen molar-refractivity contribution in [2.24, 2.45) is 0 Å². The van der Waals surface area contributed by atoms with Crippen LogP contribution in [0.25, 0.3) is 0 Å². The van der Waals surface area contributed by atoms with Gasteiger partial charge >= 0.3 is 25.7 Å². The molecule has 11 nitrogen and oxygen atoms in total. The number of carbonyl (C=O) groups excluding carboxylic acids is 3. The maximum atomic E-state index is 12.9. The van der Waals surface area contributed by atoms with Gasteiger partial charge in [0.05, 0.1) is 19.8 Å². The topological polar surface area (TPSA) is 155 Å². The SMILES string of the molecule is CC/C=C\C/C=C\C/C=C\C/C=C\C/C=C\CCCCCC(=O)OCC(COP(=O)(O)OCC(CO)OC(=O)CCCCCCCCCCCCCCCCC)OC(=O)CCCCCC/C=C\C/C=C\C/C=C\C/C=C\CC. The van der Waals surface area contributed by atoms with E-state index in [9.17, 15) is 28.9 Å². The van der Waals surface area contributed by atoms with Crippen molar-refractivity contribution in [1.82, 2.24) is 0 Å². The molecule has 0 radical (unpaired) electrons. The second-order valence-corrected chi connectivity index (χ2v) is 21.6. The summed E-state index contributed by atoms with van der Waals surface area (Å²) in [5, 5.41) is 9.84. The lowest BCUT2D eigenvalue weighted by Gasteiger charge is -2.21. The monoisotopic (exact) mass is 1110 g/mol. The van der Waals surface area contributed by atoms with Gasteiger partial charge in [0.15, 0.2) is 6.10 Å². The lowest BCUT2D eigenvalue weighted by molar-refractivity contribution is -0.161. The van der Waals surface area contributed by atoms with E-state index in [0.717, 1.165) is 122 Å². The Bertz CT molecular complexity index is 1720. The van der Waals surface area contributed by atoms with Gasteiger partial charge in [0.25, 0.3) is 0 Å². The zero-order valence-electron chi connectivity index (χ0n) is 49.3. The highest BCUT2D eigenvalue weighted by Gasteiger charge is 2.28. The summed E-state index contributed by atoms with van der Waals surface area (Å²) in [5.74, 6) is -1.53. The third kappa shape index (κ3) is 56.8. The number of unbranched alkanes of at least 4 members (excludes halogenated alkanes) is 21. The van der Waals surface area contributed by atoms with Crippen LogP contribution in [0.3, 0.4) is 0 Å². The minimum Gasteiger partial charge on any atom is -0.462 e.